The van der Waals surface area contributed by atoms with Crippen molar-refractivity contribution in [1.82, 2.24) is 9.80 Å². The van der Waals surface area contributed by atoms with Crippen molar-refractivity contribution in [1.29, 1.82) is 0 Å². The predicted octanol–water partition coefficient (Wildman–Crippen LogP) is 4.23. The van der Waals surface area contributed by atoms with Crippen LogP contribution in [0, 0.1) is 27.7 Å². The van der Waals surface area contributed by atoms with Crippen molar-refractivity contribution < 1.29 is 9.59 Å². The molecule has 2 aromatic carbocycles. The Morgan fingerprint density at radius 3 is 2.22 bits per heavy atom. The van der Waals surface area contributed by atoms with E-state index in [9.17, 15) is 9.59 Å². The van der Waals surface area contributed by atoms with Gasteiger partial charge < -0.3 is 9.80 Å². The van der Waals surface area contributed by atoms with Crippen LogP contribution in [-0.4, -0.2) is 54.8 Å². The number of hydrogen-bond acceptors (Lipinski definition) is 4. The summed E-state index contributed by atoms with van der Waals surface area (Å²) in [4.78, 5) is 33.5. The number of nitrogens with zero attached hydrogens (tertiary/aromatic N) is 3. The summed E-state index contributed by atoms with van der Waals surface area (Å²) in [5.74, 6) is -0.458. The molecule has 0 spiro atoms. The third-order valence-corrected chi connectivity index (χ3v) is 7.26. The van der Waals surface area contributed by atoms with Gasteiger partial charge in [-0.2, -0.15) is 0 Å². The van der Waals surface area contributed by atoms with E-state index in [0.29, 0.717) is 17.0 Å². The van der Waals surface area contributed by atoms with Crippen LogP contribution in [0.1, 0.15) is 40.7 Å². The molecule has 5 heteroatoms. The topological polar surface area (TPSA) is 43.9 Å². The Bertz CT molecular complexity index is 1110. The van der Waals surface area contributed by atoms with Crippen LogP contribution in [0.15, 0.2) is 42.1 Å². The first-order valence-corrected chi connectivity index (χ1v) is 11.4. The maximum absolute atomic E-state index is 13.9. The second-order valence-corrected chi connectivity index (χ2v) is 9.33. The lowest BCUT2D eigenvalue weighted by Crippen LogP contribution is -2.43. The molecule has 0 bridgehead atoms. The van der Waals surface area contributed by atoms with Crippen molar-refractivity contribution in [3.63, 3.8) is 0 Å². The van der Waals surface area contributed by atoms with Crippen LogP contribution >= 0.6 is 0 Å². The van der Waals surface area contributed by atoms with Gasteiger partial charge in [-0.25, -0.2) is 4.90 Å². The Morgan fingerprint density at radius 2 is 1.56 bits per heavy atom. The molecule has 0 aliphatic carbocycles. The van der Waals surface area contributed by atoms with Crippen LogP contribution in [0.2, 0.25) is 0 Å². The maximum Gasteiger partial charge on any atom is 0.282 e. The van der Waals surface area contributed by atoms with E-state index in [1.165, 1.54) is 10.5 Å². The van der Waals surface area contributed by atoms with Crippen LogP contribution in [0.25, 0.3) is 5.57 Å². The molecule has 2 amide bonds. The van der Waals surface area contributed by atoms with Crippen LogP contribution in [0.3, 0.4) is 0 Å². The van der Waals surface area contributed by atoms with Gasteiger partial charge in [0, 0.05) is 13.1 Å². The standard InChI is InChI=1S/C27H33N3O2/c1-17-10-11-21(16-19(17)3)24-25(29(6)22-12-14-28(5)15-13-22)27(32)30(26(24)31)23-9-7-8-18(2)20(23)4/h7-11,16,22H,12-15H2,1-6H3. The third-order valence-electron chi connectivity index (χ3n) is 7.26. The van der Waals surface area contributed by atoms with E-state index in [-0.39, 0.29) is 17.9 Å². The summed E-state index contributed by atoms with van der Waals surface area (Å²) in [5, 5.41) is 0. The van der Waals surface area contributed by atoms with Crippen molar-refractivity contribution in [3.05, 3.63) is 69.9 Å². The highest BCUT2D eigenvalue weighted by Gasteiger charge is 2.43. The largest absolute Gasteiger partial charge is 0.366 e. The van der Waals surface area contributed by atoms with Crippen molar-refractivity contribution in [2.45, 2.75) is 46.6 Å². The summed E-state index contributed by atoms with van der Waals surface area (Å²) in [5.41, 5.74) is 6.82. The lowest BCUT2D eigenvalue weighted by Gasteiger charge is -2.36. The minimum Gasteiger partial charge on any atom is -0.366 e. The fourth-order valence-corrected chi connectivity index (χ4v) is 4.76. The average molecular weight is 432 g/mol. The molecule has 0 atom stereocenters. The van der Waals surface area contributed by atoms with Gasteiger partial charge in [0.15, 0.2) is 0 Å². The van der Waals surface area contributed by atoms with Gasteiger partial charge in [0.2, 0.25) is 0 Å². The number of rotatable bonds is 4. The van der Waals surface area contributed by atoms with Gasteiger partial charge in [0.05, 0.1) is 11.3 Å². The number of piperidine rings is 1. The van der Waals surface area contributed by atoms with E-state index < -0.39 is 0 Å². The van der Waals surface area contributed by atoms with E-state index >= 15 is 0 Å². The summed E-state index contributed by atoms with van der Waals surface area (Å²) in [6.07, 6.45) is 1.95. The molecule has 2 heterocycles. The van der Waals surface area contributed by atoms with Crippen LogP contribution < -0.4 is 4.90 Å². The molecule has 0 N–H and O–H groups in total. The van der Waals surface area contributed by atoms with Gasteiger partial charge in [0.25, 0.3) is 11.8 Å². The molecule has 1 fully saturated rings. The zero-order chi connectivity index (χ0) is 23.2. The number of likely N-dealkylation sites (tertiary alicyclic amines) is 1. The third kappa shape index (κ3) is 3.75. The molecule has 4 rings (SSSR count). The number of benzene rings is 2. The molecule has 2 aromatic rings. The molecule has 0 radical (unpaired) electrons. The second-order valence-electron chi connectivity index (χ2n) is 9.33. The van der Waals surface area contributed by atoms with Gasteiger partial charge in [-0.3, -0.25) is 9.59 Å². The van der Waals surface area contributed by atoms with Gasteiger partial charge in [-0.15, -0.1) is 0 Å². The molecule has 2 aliphatic heterocycles. The van der Waals surface area contributed by atoms with Gasteiger partial charge in [-0.05, 0) is 94.6 Å². The van der Waals surface area contributed by atoms with Crippen LogP contribution in [-0.2, 0) is 9.59 Å². The van der Waals surface area contributed by atoms with Crippen molar-refractivity contribution in [2.75, 3.05) is 32.1 Å². The Labute approximate surface area is 191 Å². The quantitative estimate of drug-likeness (QED) is 0.680. The summed E-state index contributed by atoms with van der Waals surface area (Å²) in [7, 11) is 4.10. The molecule has 32 heavy (non-hydrogen) atoms. The Balaban J connectivity index is 1.84. The fourth-order valence-electron chi connectivity index (χ4n) is 4.76. The number of likely N-dealkylation sites (N-methyl/N-ethyl adjacent to an activating group) is 1. The molecule has 168 valence electrons. The highest BCUT2D eigenvalue weighted by Crippen LogP contribution is 2.38. The SMILES string of the molecule is Cc1ccc(C2=C(N(C)C3CCN(C)CC3)C(=O)N(c3cccc(C)c3C)C2=O)cc1C. The molecular weight excluding hydrogens is 398 g/mol. The summed E-state index contributed by atoms with van der Waals surface area (Å²) < 4.78 is 0. The Kier molecular flexibility index (Phi) is 5.95. The van der Waals surface area contributed by atoms with E-state index in [4.69, 9.17) is 0 Å². The molecule has 0 saturated carbocycles. The van der Waals surface area contributed by atoms with E-state index in [0.717, 1.165) is 48.2 Å². The Hall–Kier alpha value is -2.92. The summed E-state index contributed by atoms with van der Waals surface area (Å²) in [6, 6.07) is 12.1. The van der Waals surface area contributed by atoms with E-state index in [1.807, 2.05) is 64.2 Å². The minimum absolute atomic E-state index is 0.224. The first-order valence-electron chi connectivity index (χ1n) is 11.4. The predicted molar refractivity (Wildman–Crippen MR) is 130 cm³/mol. The van der Waals surface area contributed by atoms with E-state index in [2.05, 4.69) is 23.8 Å². The maximum atomic E-state index is 13.9. The summed E-state index contributed by atoms with van der Waals surface area (Å²) in [6.45, 7) is 10.1. The molecule has 5 nitrogen and oxygen atoms in total. The fraction of sp³-hybridized carbons (Fsp3) is 0.407. The lowest BCUT2D eigenvalue weighted by atomic mass is 9.97. The zero-order valence-corrected chi connectivity index (χ0v) is 20.0. The number of aryl methyl sites for hydroxylation is 3. The molecular formula is C27H33N3O2. The first-order chi connectivity index (χ1) is 15.2. The van der Waals surface area contributed by atoms with Crippen molar-refractivity contribution in [2.24, 2.45) is 0 Å². The first kappa shape index (κ1) is 22.3. The van der Waals surface area contributed by atoms with Crippen LogP contribution in [0.4, 0.5) is 5.69 Å². The smallest absolute Gasteiger partial charge is 0.282 e. The van der Waals surface area contributed by atoms with Gasteiger partial charge in [0.1, 0.15) is 5.70 Å². The van der Waals surface area contributed by atoms with E-state index in [1.54, 1.807) is 0 Å². The zero-order valence-electron chi connectivity index (χ0n) is 20.0. The van der Waals surface area contributed by atoms with Crippen molar-refractivity contribution >= 4 is 23.1 Å². The minimum atomic E-state index is -0.235. The number of hydrogen-bond donors (Lipinski definition) is 0. The molecule has 2 aliphatic rings. The number of carbonyl (C=O) groups excluding carboxylic acids is 2. The van der Waals surface area contributed by atoms with Gasteiger partial charge in [-0.1, -0.05) is 30.3 Å². The number of anilines is 1. The molecule has 0 aromatic heterocycles. The number of imide groups is 1. The second kappa shape index (κ2) is 8.55. The van der Waals surface area contributed by atoms with Crippen LogP contribution in [0.5, 0.6) is 0 Å². The highest BCUT2D eigenvalue weighted by molar-refractivity contribution is 6.45. The number of amides is 2. The average Bonchev–Trinajstić information content (AvgIpc) is 3.02. The number of carbonyl (C=O) groups is 2. The monoisotopic (exact) mass is 431 g/mol. The summed E-state index contributed by atoms with van der Waals surface area (Å²) >= 11 is 0. The molecule has 1 saturated heterocycles. The van der Waals surface area contributed by atoms with Crippen molar-refractivity contribution in [3.8, 4) is 0 Å². The highest BCUT2D eigenvalue weighted by atomic mass is 16.2. The molecule has 0 unspecified atom stereocenters. The normalized spacial score (nSPS) is 18.1. The Morgan fingerprint density at radius 1 is 0.875 bits per heavy atom. The van der Waals surface area contributed by atoms with Gasteiger partial charge >= 0.3 is 0 Å². The lowest BCUT2D eigenvalue weighted by molar-refractivity contribution is -0.120.